The first-order valence-corrected chi connectivity index (χ1v) is 4.62. The zero-order chi connectivity index (χ0) is 9.78. The summed E-state index contributed by atoms with van der Waals surface area (Å²) in [5.41, 5.74) is 0.295. The minimum atomic E-state index is -0.679. The molecule has 12 heavy (non-hydrogen) atoms. The standard InChI is InChI=1S/C10H20O2/c1-5-10(3,4)7-6-8(2)9(11)12/h8H,5-7H2,1-4H3,(H,11,12)/t8-/m0/s1. The molecule has 0 fully saturated rings. The molecule has 0 radical (unpaired) electrons. The van der Waals surface area contributed by atoms with Crippen molar-refractivity contribution in [2.45, 2.75) is 47.0 Å². The second-order valence-corrected chi connectivity index (χ2v) is 4.30. The molecule has 0 bridgehead atoms. The van der Waals surface area contributed by atoms with Crippen molar-refractivity contribution in [3.05, 3.63) is 0 Å². The van der Waals surface area contributed by atoms with Gasteiger partial charge in [0.25, 0.3) is 0 Å². The van der Waals surface area contributed by atoms with Gasteiger partial charge >= 0.3 is 5.97 Å². The van der Waals surface area contributed by atoms with Crippen LogP contribution in [0.4, 0.5) is 0 Å². The fourth-order valence-electron chi connectivity index (χ4n) is 0.907. The normalized spacial score (nSPS) is 14.3. The Balaban J connectivity index is 3.75. The maximum atomic E-state index is 10.5. The lowest BCUT2D eigenvalue weighted by Gasteiger charge is -2.23. The van der Waals surface area contributed by atoms with E-state index in [1.165, 1.54) is 0 Å². The first-order valence-electron chi connectivity index (χ1n) is 4.62. The quantitative estimate of drug-likeness (QED) is 0.692. The molecule has 0 aliphatic carbocycles. The number of carboxylic acid groups (broad SMARTS) is 1. The zero-order valence-corrected chi connectivity index (χ0v) is 8.55. The summed E-state index contributed by atoms with van der Waals surface area (Å²) >= 11 is 0. The number of hydrogen-bond acceptors (Lipinski definition) is 1. The van der Waals surface area contributed by atoms with Gasteiger partial charge in [-0.25, -0.2) is 0 Å². The van der Waals surface area contributed by atoms with E-state index < -0.39 is 5.97 Å². The van der Waals surface area contributed by atoms with Crippen molar-refractivity contribution in [1.82, 2.24) is 0 Å². The molecule has 2 heteroatoms. The van der Waals surface area contributed by atoms with E-state index in [1.807, 2.05) is 0 Å². The molecule has 0 spiro atoms. The third kappa shape index (κ3) is 4.37. The van der Waals surface area contributed by atoms with Crippen molar-refractivity contribution in [2.24, 2.45) is 11.3 Å². The Bertz CT molecular complexity index is 150. The van der Waals surface area contributed by atoms with E-state index >= 15 is 0 Å². The van der Waals surface area contributed by atoms with Crippen LogP contribution in [0.1, 0.15) is 47.0 Å². The molecule has 0 saturated carbocycles. The summed E-state index contributed by atoms with van der Waals surface area (Å²) in [6, 6.07) is 0. The van der Waals surface area contributed by atoms with Crippen LogP contribution in [-0.2, 0) is 4.79 Å². The van der Waals surface area contributed by atoms with E-state index in [2.05, 4.69) is 20.8 Å². The molecule has 0 saturated heterocycles. The fourth-order valence-corrected chi connectivity index (χ4v) is 0.907. The molecule has 0 aromatic rings. The van der Waals surface area contributed by atoms with Crippen molar-refractivity contribution in [3.63, 3.8) is 0 Å². The van der Waals surface area contributed by atoms with Gasteiger partial charge in [-0.2, -0.15) is 0 Å². The third-order valence-corrected chi connectivity index (χ3v) is 2.63. The highest BCUT2D eigenvalue weighted by atomic mass is 16.4. The van der Waals surface area contributed by atoms with E-state index in [0.29, 0.717) is 5.41 Å². The lowest BCUT2D eigenvalue weighted by Crippen LogP contribution is -2.15. The van der Waals surface area contributed by atoms with E-state index in [0.717, 1.165) is 19.3 Å². The van der Waals surface area contributed by atoms with E-state index in [9.17, 15) is 4.79 Å². The van der Waals surface area contributed by atoms with Crippen molar-refractivity contribution in [3.8, 4) is 0 Å². The maximum absolute atomic E-state index is 10.5. The molecule has 1 N–H and O–H groups in total. The van der Waals surface area contributed by atoms with Gasteiger partial charge in [0.1, 0.15) is 0 Å². The van der Waals surface area contributed by atoms with Crippen molar-refractivity contribution >= 4 is 5.97 Å². The molecule has 0 aliphatic rings. The van der Waals surface area contributed by atoms with Gasteiger partial charge in [0.15, 0.2) is 0 Å². The van der Waals surface area contributed by atoms with Gasteiger partial charge in [0.05, 0.1) is 5.92 Å². The van der Waals surface area contributed by atoms with Gasteiger partial charge < -0.3 is 5.11 Å². The van der Waals surface area contributed by atoms with Crippen LogP contribution in [0.3, 0.4) is 0 Å². The van der Waals surface area contributed by atoms with Gasteiger partial charge in [0, 0.05) is 0 Å². The second-order valence-electron chi connectivity index (χ2n) is 4.30. The van der Waals surface area contributed by atoms with E-state index in [1.54, 1.807) is 6.92 Å². The molecule has 72 valence electrons. The second kappa shape index (κ2) is 4.48. The minimum Gasteiger partial charge on any atom is -0.481 e. The average Bonchev–Trinajstić information content (AvgIpc) is 2.00. The Morgan fingerprint density at radius 2 is 2.00 bits per heavy atom. The fraction of sp³-hybridized carbons (Fsp3) is 0.900. The molecule has 0 aliphatic heterocycles. The SMILES string of the molecule is CCC(C)(C)CC[C@H](C)C(=O)O. The Morgan fingerprint density at radius 1 is 1.50 bits per heavy atom. The van der Waals surface area contributed by atoms with Gasteiger partial charge in [-0.3, -0.25) is 4.79 Å². The molecule has 1 atom stereocenters. The lowest BCUT2D eigenvalue weighted by molar-refractivity contribution is -0.141. The van der Waals surface area contributed by atoms with Gasteiger partial charge in [-0.15, -0.1) is 0 Å². The van der Waals surface area contributed by atoms with Crippen molar-refractivity contribution < 1.29 is 9.90 Å². The highest BCUT2D eigenvalue weighted by Crippen LogP contribution is 2.27. The topological polar surface area (TPSA) is 37.3 Å². The summed E-state index contributed by atoms with van der Waals surface area (Å²) in [7, 11) is 0. The van der Waals surface area contributed by atoms with E-state index in [-0.39, 0.29) is 5.92 Å². The predicted octanol–water partition coefficient (Wildman–Crippen LogP) is 2.92. The van der Waals surface area contributed by atoms with Crippen LogP contribution in [0.5, 0.6) is 0 Å². The smallest absolute Gasteiger partial charge is 0.306 e. The van der Waals surface area contributed by atoms with Gasteiger partial charge in [0.2, 0.25) is 0 Å². The zero-order valence-electron chi connectivity index (χ0n) is 8.55. The van der Waals surface area contributed by atoms with Crippen LogP contribution < -0.4 is 0 Å². The van der Waals surface area contributed by atoms with Crippen molar-refractivity contribution in [1.29, 1.82) is 0 Å². The first kappa shape index (κ1) is 11.5. The third-order valence-electron chi connectivity index (χ3n) is 2.63. The minimum absolute atomic E-state index is 0.198. The summed E-state index contributed by atoms with van der Waals surface area (Å²) in [6.07, 6.45) is 2.90. The number of hydrogen-bond donors (Lipinski definition) is 1. The Morgan fingerprint density at radius 3 is 2.33 bits per heavy atom. The summed E-state index contributed by atoms with van der Waals surface area (Å²) in [4.78, 5) is 10.5. The van der Waals surface area contributed by atoms with Crippen molar-refractivity contribution in [2.75, 3.05) is 0 Å². The summed E-state index contributed by atoms with van der Waals surface area (Å²) in [6.45, 7) is 8.28. The Kier molecular flexibility index (Phi) is 4.29. The van der Waals surface area contributed by atoms with Crippen LogP contribution in [0.25, 0.3) is 0 Å². The summed E-state index contributed by atoms with van der Waals surface area (Å²) in [5.74, 6) is -0.877. The molecule has 0 amide bonds. The Hall–Kier alpha value is -0.530. The molecule has 0 aromatic heterocycles. The van der Waals surface area contributed by atoms with Crippen LogP contribution in [0, 0.1) is 11.3 Å². The molecule has 0 unspecified atom stereocenters. The highest BCUT2D eigenvalue weighted by molar-refractivity contribution is 5.69. The average molecular weight is 172 g/mol. The van der Waals surface area contributed by atoms with Crippen LogP contribution >= 0.6 is 0 Å². The Labute approximate surface area is 75.0 Å². The molecule has 0 aromatic carbocycles. The molecular weight excluding hydrogens is 152 g/mol. The highest BCUT2D eigenvalue weighted by Gasteiger charge is 2.18. The number of aliphatic carboxylic acids is 1. The largest absolute Gasteiger partial charge is 0.481 e. The first-order chi connectivity index (χ1) is 5.39. The summed E-state index contributed by atoms with van der Waals surface area (Å²) in [5, 5.41) is 8.65. The number of rotatable bonds is 5. The van der Waals surface area contributed by atoms with Crippen LogP contribution in [0.15, 0.2) is 0 Å². The lowest BCUT2D eigenvalue weighted by atomic mass is 9.83. The maximum Gasteiger partial charge on any atom is 0.306 e. The summed E-state index contributed by atoms with van der Waals surface area (Å²) < 4.78 is 0. The molecule has 0 rings (SSSR count). The predicted molar refractivity (Wildman–Crippen MR) is 50.1 cm³/mol. The molecule has 2 nitrogen and oxygen atoms in total. The van der Waals surface area contributed by atoms with Gasteiger partial charge in [-0.1, -0.05) is 34.1 Å². The molecular formula is C10H20O2. The van der Waals surface area contributed by atoms with Crippen LogP contribution in [0.2, 0.25) is 0 Å². The number of carboxylic acids is 1. The number of carbonyl (C=O) groups is 1. The molecule has 0 heterocycles. The van der Waals surface area contributed by atoms with Crippen LogP contribution in [-0.4, -0.2) is 11.1 Å². The van der Waals surface area contributed by atoms with Gasteiger partial charge in [-0.05, 0) is 18.3 Å². The monoisotopic (exact) mass is 172 g/mol. The van der Waals surface area contributed by atoms with E-state index in [4.69, 9.17) is 5.11 Å².